The molecule has 0 aliphatic rings. The summed E-state index contributed by atoms with van der Waals surface area (Å²) in [5.74, 6) is 0.354. The third-order valence-corrected chi connectivity index (χ3v) is 3.28. The number of aromatic hydroxyl groups is 2. The van der Waals surface area contributed by atoms with Crippen LogP contribution in [0.2, 0.25) is 0 Å². The zero-order chi connectivity index (χ0) is 13.8. The molecule has 0 aliphatic carbocycles. The average molecular weight is 257 g/mol. The molecule has 1 unspecified atom stereocenters. The number of rotatable bonds is 4. The lowest BCUT2D eigenvalue weighted by atomic mass is 10.0. The van der Waals surface area contributed by atoms with Crippen molar-refractivity contribution in [1.29, 1.82) is 0 Å². The zero-order valence-corrected chi connectivity index (χ0v) is 11.2. The van der Waals surface area contributed by atoms with Crippen molar-refractivity contribution in [3.63, 3.8) is 0 Å². The van der Waals surface area contributed by atoms with Crippen molar-refractivity contribution in [2.24, 2.45) is 0 Å². The molecule has 0 saturated carbocycles. The molecule has 2 aromatic rings. The molecule has 0 aromatic heterocycles. The molecule has 0 fully saturated rings. The van der Waals surface area contributed by atoms with E-state index >= 15 is 0 Å². The van der Waals surface area contributed by atoms with Gasteiger partial charge < -0.3 is 15.5 Å². The van der Waals surface area contributed by atoms with E-state index in [1.54, 1.807) is 6.07 Å². The largest absolute Gasteiger partial charge is 0.508 e. The molecule has 0 aliphatic heterocycles. The molecular formula is C16H19NO2. The van der Waals surface area contributed by atoms with Crippen molar-refractivity contribution in [3.05, 3.63) is 59.7 Å². The van der Waals surface area contributed by atoms with Crippen LogP contribution in [0, 0.1) is 0 Å². The Labute approximate surface area is 113 Å². The van der Waals surface area contributed by atoms with Gasteiger partial charge in [0.1, 0.15) is 11.5 Å². The predicted molar refractivity (Wildman–Crippen MR) is 76.2 cm³/mol. The van der Waals surface area contributed by atoms with Crippen LogP contribution in [0.1, 0.15) is 37.1 Å². The van der Waals surface area contributed by atoms with Crippen LogP contribution in [0.3, 0.4) is 0 Å². The number of benzene rings is 2. The molecule has 100 valence electrons. The lowest BCUT2D eigenvalue weighted by Crippen LogP contribution is -2.22. The van der Waals surface area contributed by atoms with E-state index in [1.165, 1.54) is 17.7 Å². The van der Waals surface area contributed by atoms with Crippen LogP contribution in [-0.2, 0) is 0 Å². The highest BCUT2D eigenvalue weighted by Gasteiger charge is 2.14. The highest BCUT2D eigenvalue weighted by atomic mass is 16.3. The first kappa shape index (κ1) is 13.4. The Kier molecular flexibility index (Phi) is 4.07. The summed E-state index contributed by atoms with van der Waals surface area (Å²) in [6, 6.07) is 14.8. The summed E-state index contributed by atoms with van der Waals surface area (Å²) in [6.07, 6.45) is 0. The van der Waals surface area contributed by atoms with Crippen molar-refractivity contribution >= 4 is 0 Å². The van der Waals surface area contributed by atoms with Crippen LogP contribution in [0.15, 0.2) is 48.5 Å². The first-order chi connectivity index (χ1) is 9.08. The third kappa shape index (κ3) is 3.26. The van der Waals surface area contributed by atoms with E-state index in [0.29, 0.717) is 5.56 Å². The zero-order valence-electron chi connectivity index (χ0n) is 11.2. The van der Waals surface area contributed by atoms with E-state index in [4.69, 9.17) is 0 Å². The minimum Gasteiger partial charge on any atom is -0.508 e. The Hall–Kier alpha value is -2.00. The van der Waals surface area contributed by atoms with Gasteiger partial charge in [-0.05, 0) is 37.6 Å². The predicted octanol–water partition coefficient (Wildman–Crippen LogP) is 3.51. The SMILES string of the molecule is CC(N[C@@H](C)c1ccccc1)c1cc(O)ccc1O. The van der Waals surface area contributed by atoms with Gasteiger partial charge in [-0.3, -0.25) is 0 Å². The Morgan fingerprint density at radius 3 is 2.26 bits per heavy atom. The van der Waals surface area contributed by atoms with Crippen LogP contribution < -0.4 is 5.32 Å². The van der Waals surface area contributed by atoms with Crippen molar-refractivity contribution in [3.8, 4) is 11.5 Å². The lowest BCUT2D eigenvalue weighted by molar-refractivity contribution is 0.429. The van der Waals surface area contributed by atoms with Gasteiger partial charge in [0.25, 0.3) is 0 Å². The summed E-state index contributed by atoms with van der Waals surface area (Å²) >= 11 is 0. The minimum atomic E-state index is -0.0534. The molecule has 0 heterocycles. The van der Waals surface area contributed by atoms with Gasteiger partial charge in [-0.15, -0.1) is 0 Å². The maximum absolute atomic E-state index is 9.84. The van der Waals surface area contributed by atoms with Crippen molar-refractivity contribution in [2.45, 2.75) is 25.9 Å². The summed E-state index contributed by atoms with van der Waals surface area (Å²) in [6.45, 7) is 4.04. The minimum absolute atomic E-state index is 0.0534. The van der Waals surface area contributed by atoms with Gasteiger partial charge in [-0.2, -0.15) is 0 Å². The van der Waals surface area contributed by atoms with E-state index in [-0.39, 0.29) is 23.6 Å². The fourth-order valence-electron chi connectivity index (χ4n) is 2.19. The molecule has 3 nitrogen and oxygen atoms in total. The molecule has 0 saturated heterocycles. The molecule has 0 spiro atoms. The number of hydrogen-bond acceptors (Lipinski definition) is 3. The Bertz CT molecular complexity index is 540. The first-order valence-electron chi connectivity index (χ1n) is 6.41. The molecule has 0 amide bonds. The smallest absolute Gasteiger partial charge is 0.120 e. The molecule has 3 N–H and O–H groups in total. The van der Waals surface area contributed by atoms with E-state index in [9.17, 15) is 10.2 Å². The summed E-state index contributed by atoms with van der Waals surface area (Å²) in [5.41, 5.74) is 1.89. The van der Waals surface area contributed by atoms with Gasteiger partial charge in [0.15, 0.2) is 0 Å². The van der Waals surface area contributed by atoms with Crippen molar-refractivity contribution in [2.75, 3.05) is 0 Å². The molecule has 0 radical (unpaired) electrons. The van der Waals surface area contributed by atoms with Gasteiger partial charge in [0.2, 0.25) is 0 Å². The Balaban J connectivity index is 2.13. The van der Waals surface area contributed by atoms with Gasteiger partial charge in [-0.1, -0.05) is 30.3 Å². The molecule has 2 rings (SSSR count). The lowest BCUT2D eigenvalue weighted by Gasteiger charge is -2.21. The van der Waals surface area contributed by atoms with Crippen LogP contribution in [0.25, 0.3) is 0 Å². The topological polar surface area (TPSA) is 52.5 Å². The molecule has 0 bridgehead atoms. The number of phenols is 2. The molecule has 19 heavy (non-hydrogen) atoms. The van der Waals surface area contributed by atoms with Gasteiger partial charge in [0.05, 0.1) is 0 Å². The Morgan fingerprint density at radius 1 is 0.895 bits per heavy atom. The second-order valence-corrected chi connectivity index (χ2v) is 4.76. The van der Waals surface area contributed by atoms with Gasteiger partial charge in [0, 0.05) is 17.6 Å². The van der Waals surface area contributed by atoms with Gasteiger partial charge in [-0.25, -0.2) is 0 Å². The van der Waals surface area contributed by atoms with Crippen LogP contribution in [-0.4, -0.2) is 10.2 Å². The van der Waals surface area contributed by atoms with E-state index in [2.05, 4.69) is 24.4 Å². The number of hydrogen-bond donors (Lipinski definition) is 3. The number of phenolic OH excluding ortho intramolecular Hbond substituents is 2. The number of nitrogens with one attached hydrogen (secondary N) is 1. The van der Waals surface area contributed by atoms with Crippen LogP contribution >= 0.6 is 0 Å². The van der Waals surface area contributed by atoms with Crippen molar-refractivity contribution < 1.29 is 10.2 Å². The normalized spacial score (nSPS) is 14.0. The fourth-order valence-corrected chi connectivity index (χ4v) is 2.19. The summed E-state index contributed by atoms with van der Waals surface area (Å²) in [7, 11) is 0. The molecule has 3 heteroatoms. The highest BCUT2D eigenvalue weighted by molar-refractivity contribution is 5.40. The highest BCUT2D eigenvalue weighted by Crippen LogP contribution is 2.29. The summed E-state index contributed by atoms with van der Waals surface area (Å²) in [4.78, 5) is 0. The second-order valence-electron chi connectivity index (χ2n) is 4.76. The monoisotopic (exact) mass is 257 g/mol. The Morgan fingerprint density at radius 2 is 1.58 bits per heavy atom. The molecule has 2 aromatic carbocycles. The second kappa shape index (κ2) is 5.76. The van der Waals surface area contributed by atoms with Gasteiger partial charge >= 0.3 is 0 Å². The summed E-state index contributed by atoms with van der Waals surface area (Å²) in [5, 5.41) is 22.7. The van der Waals surface area contributed by atoms with E-state index in [1.807, 2.05) is 25.1 Å². The average Bonchev–Trinajstić information content (AvgIpc) is 2.42. The summed E-state index contributed by atoms with van der Waals surface area (Å²) < 4.78 is 0. The maximum Gasteiger partial charge on any atom is 0.120 e. The molecular weight excluding hydrogens is 238 g/mol. The van der Waals surface area contributed by atoms with Crippen LogP contribution in [0.5, 0.6) is 11.5 Å². The molecule has 2 atom stereocenters. The quantitative estimate of drug-likeness (QED) is 0.735. The fraction of sp³-hybridized carbons (Fsp3) is 0.250. The van der Waals surface area contributed by atoms with E-state index < -0.39 is 0 Å². The van der Waals surface area contributed by atoms with Crippen LogP contribution in [0.4, 0.5) is 0 Å². The maximum atomic E-state index is 9.84. The standard InChI is InChI=1S/C16H19NO2/c1-11(13-6-4-3-5-7-13)17-12(2)15-10-14(18)8-9-16(15)19/h3-12,17-19H,1-2H3/t11-,12?/m0/s1. The van der Waals surface area contributed by atoms with Crippen molar-refractivity contribution in [1.82, 2.24) is 5.32 Å². The van der Waals surface area contributed by atoms with E-state index in [0.717, 1.165) is 0 Å². The first-order valence-corrected chi connectivity index (χ1v) is 6.41. The third-order valence-electron chi connectivity index (χ3n) is 3.28.